The van der Waals surface area contributed by atoms with Gasteiger partial charge in [0, 0.05) is 24.7 Å². The van der Waals surface area contributed by atoms with Crippen molar-refractivity contribution in [3.05, 3.63) is 29.8 Å². The highest BCUT2D eigenvalue weighted by molar-refractivity contribution is 7.91. The van der Waals surface area contributed by atoms with Crippen LogP contribution in [-0.2, 0) is 21.2 Å². The van der Waals surface area contributed by atoms with E-state index in [0.29, 0.717) is 26.1 Å². The Morgan fingerprint density at radius 2 is 2.12 bits per heavy atom. The highest BCUT2D eigenvalue weighted by Crippen LogP contribution is 2.25. The lowest BCUT2D eigenvalue weighted by molar-refractivity contribution is -0.134. The molecule has 0 bridgehead atoms. The summed E-state index contributed by atoms with van der Waals surface area (Å²) >= 11 is 0. The molecule has 3 rings (SSSR count). The lowest BCUT2D eigenvalue weighted by Crippen LogP contribution is -2.50. The van der Waals surface area contributed by atoms with Crippen LogP contribution >= 0.6 is 0 Å². The molecule has 2 atom stereocenters. The first kappa shape index (κ1) is 19.1. The van der Waals surface area contributed by atoms with Crippen LogP contribution in [-0.4, -0.2) is 81.5 Å². The van der Waals surface area contributed by atoms with Crippen molar-refractivity contribution in [1.29, 1.82) is 0 Å². The van der Waals surface area contributed by atoms with Crippen molar-refractivity contribution < 1.29 is 17.9 Å². The Morgan fingerprint density at radius 3 is 2.81 bits per heavy atom. The second-order valence-corrected chi connectivity index (χ2v) is 9.57. The van der Waals surface area contributed by atoms with Gasteiger partial charge in [-0.15, -0.1) is 0 Å². The number of rotatable bonds is 5. The summed E-state index contributed by atoms with van der Waals surface area (Å²) < 4.78 is 29.1. The van der Waals surface area contributed by atoms with Gasteiger partial charge in [0.2, 0.25) is 5.91 Å². The van der Waals surface area contributed by atoms with E-state index in [1.165, 1.54) is 0 Å². The summed E-state index contributed by atoms with van der Waals surface area (Å²) in [5.41, 5.74) is 0.991. The summed E-state index contributed by atoms with van der Waals surface area (Å²) in [6.45, 7) is 1.79. The Balaban J connectivity index is 1.69. The predicted octanol–water partition coefficient (Wildman–Crippen LogP) is 0.115. The second-order valence-electron chi connectivity index (χ2n) is 7.34. The molecule has 7 nitrogen and oxygen atoms in total. The van der Waals surface area contributed by atoms with Crippen molar-refractivity contribution in [2.75, 3.05) is 45.3 Å². The smallest absolute Gasteiger partial charge is 0.237 e. The van der Waals surface area contributed by atoms with Gasteiger partial charge in [-0.3, -0.25) is 4.79 Å². The van der Waals surface area contributed by atoms with E-state index in [1.807, 2.05) is 48.2 Å². The zero-order valence-corrected chi connectivity index (χ0v) is 16.2. The quantitative estimate of drug-likeness (QED) is 0.780. The van der Waals surface area contributed by atoms with E-state index >= 15 is 0 Å². The molecule has 2 aliphatic rings. The van der Waals surface area contributed by atoms with E-state index in [4.69, 9.17) is 4.74 Å². The molecule has 0 radical (unpaired) electrons. The summed E-state index contributed by atoms with van der Waals surface area (Å²) in [7, 11) is 0.994. The minimum Gasteiger partial charge on any atom is -0.491 e. The molecule has 0 aliphatic carbocycles. The lowest BCUT2D eigenvalue weighted by atomic mass is 10.1. The zero-order valence-electron chi connectivity index (χ0n) is 15.3. The molecule has 2 aliphatic heterocycles. The number of benzene rings is 1. The number of nitrogens with zero attached hydrogens (tertiary/aromatic N) is 2. The van der Waals surface area contributed by atoms with Gasteiger partial charge in [0.05, 0.1) is 24.1 Å². The highest BCUT2D eigenvalue weighted by atomic mass is 32.2. The van der Waals surface area contributed by atoms with Crippen molar-refractivity contribution in [2.45, 2.75) is 25.0 Å². The van der Waals surface area contributed by atoms with Gasteiger partial charge in [-0.1, -0.05) is 18.2 Å². The number of ether oxygens (including phenoxy) is 1. The number of hydrogen-bond acceptors (Lipinski definition) is 6. The van der Waals surface area contributed by atoms with Crippen molar-refractivity contribution >= 4 is 15.7 Å². The van der Waals surface area contributed by atoms with Crippen LogP contribution in [0.2, 0.25) is 0 Å². The Bertz CT molecular complexity index is 751. The fourth-order valence-corrected chi connectivity index (χ4v) is 5.23. The number of carbonyl (C=O) groups is 1. The Morgan fingerprint density at radius 1 is 1.35 bits per heavy atom. The molecule has 1 fully saturated rings. The normalized spacial score (nSPS) is 24.8. The van der Waals surface area contributed by atoms with Crippen LogP contribution in [0.1, 0.15) is 12.0 Å². The maximum atomic E-state index is 12.9. The molecule has 1 aromatic carbocycles. The van der Waals surface area contributed by atoms with Gasteiger partial charge in [-0.05, 0) is 26.6 Å². The molecular formula is C18H27N3O4S. The third-order valence-corrected chi connectivity index (χ3v) is 6.62. The Hall–Kier alpha value is -1.64. The van der Waals surface area contributed by atoms with Crippen molar-refractivity contribution in [3.63, 3.8) is 0 Å². The van der Waals surface area contributed by atoms with Gasteiger partial charge >= 0.3 is 0 Å². The number of nitrogens with one attached hydrogen (secondary N) is 1. The number of para-hydroxylation sites is 1. The predicted molar refractivity (Wildman–Crippen MR) is 99.9 cm³/mol. The van der Waals surface area contributed by atoms with Crippen LogP contribution in [0.25, 0.3) is 0 Å². The number of sulfone groups is 1. The summed E-state index contributed by atoms with van der Waals surface area (Å²) in [5, 5.41) is 3.13. The fraction of sp³-hybridized carbons (Fsp3) is 0.611. The molecule has 1 amide bonds. The Labute approximate surface area is 155 Å². The van der Waals surface area contributed by atoms with E-state index in [1.54, 1.807) is 0 Å². The van der Waals surface area contributed by atoms with Gasteiger partial charge in [-0.2, -0.15) is 0 Å². The van der Waals surface area contributed by atoms with Crippen molar-refractivity contribution in [3.8, 4) is 5.75 Å². The standard InChI is InChI=1S/C18H27N3O4S/c1-20(2)11-16-12-25-17-6-4-3-5-14(17)10-21(16)18(22)9-19-15-7-8-26(23,24)13-15/h3-6,15-16,19H,7-13H2,1-2H3. The molecule has 0 saturated carbocycles. The lowest BCUT2D eigenvalue weighted by Gasteiger charge is -2.31. The van der Waals surface area contributed by atoms with E-state index in [-0.39, 0.29) is 36.0 Å². The zero-order chi connectivity index (χ0) is 18.7. The average molecular weight is 381 g/mol. The van der Waals surface area contributed by atoms with E-state index in [9.17, 15) is 13.2 Å². The minimum atomic E-state index is -2.95. The second kappa shape index (κ2) is 7.94. The molecule has 26 heavy (non-hydrogen) atoms. The molecular weight excluding hydrogens is 354 g/mol. The van der Waals surface area contributed by atoms with Crippen LogP contribution in [0.4, 0.5) is 0 Å². The maximum Gasteiger partial charge on any atom is 0.237 e. The molecule has 144 valence electrons. The fourth-order valence-electron chi connectivity index (χ4n) is 3.52. The SMILES string of the molecule is CN(C)CC1COc2ccccc2CN1C(=O)CNC1CCS(=O)(=O)C1. The molecule has 2 heterocycles. The minimum absolute atomic E-state index is 0.0264. The monoisotopic (exact) mass is 381 g/mol. The van der Waals surface area contributed by atoms with Crippen LogP contribution < -0.4 is 10.1 Å². The third-order valence-electron chi connectivity index (χ3n) is 4.86. The van der Waals surface area contributed by atoms with Gasteiger partial charge < -0.3 is 19.9 Å². The van der Waals surface area contributed by atoms with Gasteiger partial charge in [0.25, 0.3) is 0 Å². The molecule has 2 unspecified atom stereocenters. The third kappa shape index (κ3) is 4.75. The molecule has 0 aromatic heterocycles. The van der Waals surface area contributed by atoms with Crippen molar-refractivity contribution in [2.24, 2.45) is 0 Å². The van der Waals surface area contributed by atoms with Crippen LogP contribution in [0.3, 0.4) is 0 Å². The molecule has 8 heteroatoms. The topological polar surface area (TPSA) is 79.0 Å². The number of fused-ring (bicyclic) bond motifs is 1. The molecule has 0 spiro atoms. The van der Waals surface area contributed by atoms with Crippen LogP contribution in [0, 0.1) is 0 Å². The van der Waals surface area contributed by atoms with Crippen molar-refractivity contribution in [1.82, 2.24) is 15.1 Å². The summed E-state index contributed by atoms with van der Waals surface area (Å²) in [4.78, 5) is 16.8. The van der Waals surface area contributed by atoms with Gasteiger partial charge in [0.15, 0.2) is 9.84 Å². The Kier molecular flexibility index (Phi) is 5.84. The van der Waals surface area contributed by atoms with Gasteiger partial charge in [-0.25, -0.2) is 8.42 Å². The van der Waals surface area contributed by atoms with Crippen LogP contribution in [0.15, 0.2) is 24.3 Å². The number of amides is 1. The average Bonchev–Trinajstić information content (AvgIpc) is 2.83. The summed E-state index contributed by atoms with van der Waals surface area (Å²) in [6.07, 6.45) is 0.572. The summed E-state index contributed by atoms with van der Waals surface area (Å²) in [5.74, 6) is 1.11. The summed E-state index contributed by atoms with van der Waals surface area (Å²) in [6, 6.07) is 7.59. The number of hydrogen-bond donors (Lipinski definition) is 1. The maximum absolute atomic E-state index is 12.9. The molecule has 1 aromatic rings. The van der Waals surface area contributed by atoms with E-state index < -0.39 is 9.84 Å². The molecule has 1 saturated heterocycles. The largest absolute Gasteiger partial charge is 0.491 e. The van der Waals surface area contributed by atoms with Gasteiger partial charge in [0.1, 0.15) is 12.4 Å². The van der Waals surface area contributed by atoms with E-state index in [2.05, 4.69) is 5.32 Å². The van der Waals surface area contributed by atoms with Crippen LogP contribution in [0.5, 0.6) is 5.75 Å². The molecule has 1 N–H and O–H groups in total. The number of carbonyl (C=O) groups excluding carboxylic acids is 1. The first-order valence-corrected chi connectivity index (χ1v) is 10.7. The first-order chi connectivity index (χ1) is 12.3. The first-order valence-electron chi connectivity index (χ1n) is 8.93. The highest BCUT2D eigenvalue weighted by Gasteiger charge is 2.31. The number of likely N-dealkylation sites (N-methyl/N-ethyl adjacent to an activating group) is 1. The van der Waals surface area contributed by atoms with E-state index in [0.717, 1.165) is 11.3 Å².